The number of fused-ring (bicyclic) bond motifs is 1. The molecular formula is C18H20N4O5. The molecule has 1 atom stereocenters. The van der Waals surface area contributed by atoms with E-state index in [2.05, 4.69) is 10.3 Å². The van der Waals surface area contributed by atoms with Crippen LogP contribution in [-0.2, 0) is 20.9 Å². The Morgan fingerprint density at radius 1 is 1.33 bits per heavy atom. The van der Waals surface area contributed by atoms with E-state index in [0.29, 0.717) is 17.8 Å². The Kier molecular flexibility index (Phi) is 4.69. The number of nitrogens with one attached hydrogen (secondary N) is 1. The Balaban J connectivity index is 1.69. The summed E-state index contributed by atoms with van der Waals surface area (Å²) in [6.45, 7) is 4.47. The largest absolute Gasteiger partial charge is 0.458 e. The summed E-state index contributed by atoms with van der Waals surface area (Å²) >= 11 is 0. The zero-order valence-electron chi connectivity index (χ0n) is 15.3. The quantitative estimate of drug-likeness (QED) is 0.613. The highest BCUT2D eigenvalue weighted by Gasteiger charge is 2.47. The Bertz CT molecular complexity index is 999. The number of imide groups is 1. The van der Waals surface area contributed by atoms with Crippen molar-refractivity contribution >= 4 is 23.6 Å². The van der Waals surface area contributed by atoms with Gasteiger partial charge in [-0.1, -0.05) is 13.0 Å². The number of ether oxygens (including phenoxy) is 1. The van der Waals surface area contributed by atoms with Gasteiger partial charge in [0, 0.05) is 12.3 Å². The van der Waals surface area contributed by atoms with Gasteiger partial charge in [-0.05, 0) is 31.9 Å². The summed E-state index contributed by atoms with van der Waals surface area (Å²) in [5.41, 5.74) is 0.273. The lowest BCUT2D eigenvalue weighted by molar-refractivity contribution is -0.148. The third-order valence-electron chi connectivity index (χ3n) is 4.66. The summed E-state index contributed by atoms with van der Waals surface area (Å²) in [6, 6.07) is 4.22. The Morgan fingerprint density at radius 2 is 2.07 bits per heavy atom. The summed E-state index contributed by atoms with van der Waals surface area (Å²) in [5, 5.41) is 2.57. The van der Waals surface area contributed by atoms with Gasteiger partial charge < -0.3 is 10.1 Å². The molecule has 1 fully saturated rings. The highest BCUT2D eigenvalue weighted by molar-refractivity contribution is 6.08. The summed E-state index contributed by atoms with van der Waals surface area (Å²) < 4.78 is 6.51. The molecule has 0 spiro atoms. The molecule has 3 heterocycles. The second kappa shape index (κ2) is 6.82. The maximum atomic E-state index is 12.3. The minimum absolute atomic E-state index is 0.229. The van der Waals surface area contributed by atoms with Gasteiger partial charge in [0.25, 0.3) is 11.5 Å². The van der Waals surface area contributed by atoms with Crippen molar-refractivity contribution in [3.8, 4) is 0 Å². The molecule has 142 valence electrons. The number of urea groups is 1. The first-order valence-electron chi connectivity index (χ1n) is 8.53. The normalized spacial score (nSPS) is 19.4. The van der Waals surface area contributed by atoms with E-state index in [1.807, 2.05) is 13.0 Å². The number of rotatable bonds is 5. The number of carbonyl (C=O) groups is 3. The van der Waals surface area contributed by atoms with E-state index in [1.165, 1.54) is 10.5 Å². The van der Waals surface area contributed by atoms with Gasteiger partial charge in [0.05, 0.1) is 5.69 Å². The number of nitrogens with zero attached hydrogens (tertiary/aromatic N) is 3. The molecule has 2 aromatic heterocycles. The fourth-order valence-electron chi connectivity index (χ4n) is 2.84. The predicted octanol–water partition coefficient (Wildman–Crippen LogP) is 0.767. The molecule has 3 rings (SSSR count). The molecule has 0 bridgehead atoms. The van der Waals surface area contributed by atoms with Gasteiger partial charge in [0.2, 0.25) is 0 Å². The maximum Gasteiger partial charge on any atom is 0.326 e. The van der Waals surface area contributed by atoms with Crippen molar-refractivity contribution in [3.05, 3.63) is 46.0 Å². The summed E-state index contributed by atoms with van der Waals surface area (Å²) in [7, 11) is 0. The molecule has 3 amide bonds. The van der Waals surface area contributed by atoms with Crippen molar-refractivity contribution in [2.24, 2.45) is 0 Å². The number of esters is 1. The second-order valence-corrected chi connectivity index (χ2v) is 6.64. The average Bonchev–Trinajstić information content (AvgIpc) is 2.85. The Hall–Kier alpha value is -3.23. The van der Waals surface area contributed by atoms with Crippen LogP contribution in [0.5, 0.6) is 0 Å². The fraction of sp³-hybridized carbons (Fsp3) is 0.389. The maximum absolute atomic E-state index is 12.3. The molecule has 1 aliphatic rings. The summed E-state index contributed by atoms with van der Waals surface area (Å²) in [4.78, 5) is 53.6. The molecule has 0 aromatic carbocycles. The number of carbonyl (C=O) groups excluding carboxylic acids is 3. The van der Waals surface area contributed by atoms with E-state index in [0.717, 1.165) is 10.5 Å². The first-order valence-corrected chi connectivity index (χ1v) is 8.53. The summed E-state index contributed by atoms with van der Waals surface area (Å²) in [6.07, 6.45) is 2.02. The van der Waals surface area contributed by atoms with Crippen LogP contribution in [-0.4, -0.2) is 44.3 Å². The van der Waals surface area contributed by atoms with Crippen LogP contribution in [0.15, 0.2) is 29.2 Å². The molecule has 27 heavy (non-hydrogen) atoms. The van der Waals surface area contributed by atoms with E-state index in [9.17, 15) is 19.2 Å². The van der Waals surface area contributed by atoms with Gasteiger partial charge in [-0.2, -0.15) is 0 Å². The molecule has 0 saturated carbocycles. The van der Waals surface area contributed by atoms with Crippen LogP contribution in [0.3, 0.4) is 0 Å². The summed E-state index contributed by atoms with van der Waals surface area (Å²) in [5.74, 6) is -1.23. The number of aromatic nitrogens is 2. The van der Waals surface area contributed by atoms with Crippen LogP contribution in [0.25, 0.3) is 5.65 Å². The highest BCUT2D eigenvalue weighted by Crippen LogP contribution is 2.20. The lowest BCUT2D eigenvalue weighted by Crippen LogP contribution is -2.43. The van der Waals surface area contributed by atoms with Crippen molar-refractivity contribution in [1.82, 2.24) is 19.6 Å². The fourth-order valence-corrected chi connectivity index (χ4v) is 2.84. The first kappa shape index (κ1) is 18.6. The SMILES string of the molecule is CC[C@]1(C)NC(=O)N(CC(=O)OCc2cc(=O)n3cccc(C)c3n2)C1=O. The van der Waals surface area contributed by atoms with Gasteiger partial charge in [-0.3, -0.25) is 23.7 Å². The zero-order valence-corrected chi connectivity index (χ0v) is 15.3. The molecule has 1 aliphatic heterocycles. The first-order chi connectivity index (χ1) is 12.7. The standard InChI is InChI=1S/C18H20N4O5/c1-4-18(3)16(25)22(17(26)20-18)9-14(24)27-10-12-8-13(23)21-7-5-6-11(2)15(21)19-12/h5-8H,4,9-10H2,1-3H3,(H,20,26)/t18-/m0/s1. The lowest BCUT2D eigenvalue weighted by Gasteiger charge is -2.18. The monoisotopic (exact) mass is 372 g/mol. The number of amides is 3. The molecular weight excluding hydrogens is 352 g/mol. The second-order valence-electron chi connectivity index (χ2n) is 6.64. The van der Waals surface area contributed by atoms with Crippen molar-refractivity contribution < 1.29 is 19.1 Å². The van der Waals surface area contributed by atoms with Crippen LogP contribution in [0.4, 0.5) is 4.79 Å². The Morgan fingerprint density at radius 3 is 2.74 bits per heavy atom. The molecule has 2 aromatic rings. The molecule has 1 saturated heterocycles. The van der Waals surface area contributed by atoms with Gasteiger partial charge in [0.15, 0.2) is 0 Å². The highest BCUT2D eigenvalue weighted by atomic mass is 16.5. The molecule has 0 aliphatic carbocycles. The smallest absolute Gasteiger partial charge is 0.326 e. The minimum atomic E-state index is -1.01. The molecule has 0 unspecified atom stereocenters. The number of hydrogen-bond donors (Lipinski definition) is 1. The van der Waals surface area contributed by atoms with E-state index in [-0.39, 0.29) is 12.2 Å². The van der Waals surface area contributed by atoms with E-state index < -0.39 is 30.0 Å². The topological polar surface area (TPSA) is 110 Å². The van der Waals surface area contributed by atoms with Crippen molar-refractivity contribution in [1.29, 1.82) is 0 Å². The molecule has 9 nitrogen and oxygen atoms in total. The van der Waals surface area contributed by atoms with Crippen LogP contribution in [0, 0.1) is 6.92 Å². The average molecular weight is 372 g/mol. The molecule has 9 heteroatoms. The Labute approximate surface area is 154 Å². The third-order valence-corrected chi connectivity index (χ3v) is 4.66. The minimum Gasteiger partial charge on any atom is -0.458 e. The number of pyridine rings is 1. The van der Waals surface area contributed by atoms with Crippen LogP contribution in [0.1, 0.15) is 31.5 Å². The van der Waals surface area contributed by atoms with Gasteiger partial charge in [0.1, 0.15) is 24.3 Å². The van der Waals surface area contributed by atoms with E-state index >= 15 is 0 Å². The van der Waals surface area contributed by atoms with Gasteiger partial charge in [-0.15, -0.1) is 0 Å². The van der Waals surface area contributed by atoms with Crippen molar-refractivity contribution in [3.63, 3.8) is 0 Å². The predicted molar refractivity (Wildman–Crippen MR) is 94.9 cm³/mol. The van der Waals surface area contributed by atoms with Crippen LogP contribution < -0.4 is 10.9 Å². The molecule has 0 radical (unpaired) electrons. The van der Waals surface area contributed by atoms with Crippen molar-refractivity contribution in [2.75, 3.05) is 6.54 Å². The lowest BCUT2D eigenvalue weighted by atomic mass is 9.99. The van der Waals surface area contributed by atoms with E-state index in [1.54, 1.807) is 26.1 Å². The number of hydrogen-bond acceptors (Lipinski definition) is 6. The zero-order chi connectivity index (χ0) is 19.8. The number of aryl methyl sites for hydroxylation is 1. The van der Waals surface area contributed by atoms with Gasteiger partial charge >= 0.3 is 12.0 Å². The van der Waals surface area contributed by atoms with Crippen molar-refractivity contribution in [2.45, 2.75) is 39.3 Å². The third kappa shape index (κ3) is 3.40. The van der Waals surface area contributed by atoms with E-state index in [4.69, 9.17) is 4.74 Å². The van der Waals surface area contributed by atoms with Crippen LogP contribution >= 0.6 is 0 Å². The van der Waals surface area contributed by atoms with Gasteiger partial charge in [-0.25, -0.2) is 9.78 Å². The molecule has 1 N–H and O–H groups in total. The van der Waals surface area contributed by atoms with Crippen LogP contribution in [0.2, 0.25) is 0 Å².